The van der Waals surface area contributed by atoms with E-state index in [1.807, 2.05) is 30.6 Å². The Bertz CT molecular complexity index is 2450. The second kappa shape index (κ2) is 9.79. The Morgan fingerprint density at radius 3 is 1.86 bits per heavy atom. The average Bonchev–Trinajstić information content (AvgIpc) is 3.69. The fourth-order valence-electron chi connectivity index (χ4n) is 6.61. The van der Waals surface area contributed by atoms with Crippen LogP contribution in [0.4, 0.5) is 0 Å². The van der Waals surface area contributed by atoms with Gasteiger partial charge in [0.25, 0.3) is 0 Å². The van der Waals surface area contributed by atoms with E-state index in [1.165, 1.54) is 49.2 Å². The summed E-state index contributed by atoms with van der Waals surface area (Å²) >= 11 is 0. The second-order valence-corrected chi connectivity index (χ2v) is 11.1. The summed E-state index contributed by atoms with van der Waals surface area (Å²) in [7, 11) is 0. The molecular weight excluding hydrogens is 536 g/mol. The number of benzene rings is 6. The van der Waals surface area contributed by atoms with Crippen molar-refractivity contribution in [3.8, 4) is 33.9 Å². The lowest BCUT2D eigenvalue weighted by atomic mass is 10.0. The van der Waals surface area contributed by atoms with Crippen LogP contribution in [-0.4, -0.2) is 19.1 Å². The third kappa shape index (κ3) is 3.78. The molecule has 0 radical (unpaired) electrons. The Kier molecular flexibility index (Phi) is 5.47. The normalized spacial score (nSPS) is 11.6. The molecule has 0 bridgehead atoms. The van der Waals surface area contributed by atoms with E-state index in [0.29, 0.717) is 0 Å². The highest BCUT2D eigenvalue weighted by atomic mass is 15.0. The van der Waals surface area contributed by atoms with E-state index >= 15 is 0 Å². The summed E-state index contributed by atoms with van der Waals surface area (Å²) < 4.78 is 4.63. The number of rotatable bonds is 4. The molecule has 0 spiro atoms. The minimum atomic E-state index is 0.718. The number of nitrogens with zero attached hydrogens (tertiary/aromatic N) is 4. The van der Waals surface area contributed by atoms with Gasteiger partial charge in [-0.05, 0) is 77.0 Å². The van der Waals surface area contributed by atoms with E-state index in [1.54, 1.807) is 0 Å². The van der Waals surface area contributed by atoms with Crippen LogP contribution >= 0.6 is 0 Å². The highest BCUT2D eigenvalue weighted by Gasteiger charge is 2.17. The lowest BCUT2D eigenvalue weighted by molar-refractivity contribution is 1.13. The van der Waals surface area contributed by atoms with Gasteiger partial charge in [-0.25, -0.2) is 9.97 Å². The molecule has 9 aromatic rings. The predicted octanol–water partition coefficient (Wildman–Crippen LogP) is 10.0. The van der Waals surface area contributed by atoms with Crippen molar-refractivity contribution in [2.75, 3.05) is 0 Å². The molecule has 0 N–H and O–H groups in total. The van der Waals surface area contributed by atoms with E-state index in [2.05, 4.69) is 147 Å². The summed E-state index contributed by atoms with van der Waals surface area (Å²) in [4.78, 5) is 9.36. The Balaban J connectivity index is 1.16. The molecule has 0 atom stereocenters. The molecule has 0 amide bonds. The van der Waals surface area contributed by atoms with Crippen molar-refractivity contribution >= 4 is 43.5 Å². The van der Waals surface area contributed by atoms with E-state index in [9.17, 15) is 0 Å². The van der Waals surface area contributed by atoms with E-state index in [-0.39, 0.29) is 0 Å². The van der Waals surface area contributed by atoms with Gasteiger partial charge < -0.3 is 9.13 Å². The lowest BCUT2D eigenvalue weighted by Crippen LogP contribution is -1.95. The first-order valence-corrected chi connectivity index (χ1v) is 14.8. The topological polar surface area (TPSA) is 35.6 Å². The maximum atomic E-state index is 4.68. The first-order chi connectivity index (χ1) is 21.8. The van der Waals surface area contributed by atoms with Gasteiger partial charge in [-0.1, -0.05) is 78.9 Å². The third-order valence-corrected chi connectivity index (χ3v) is 8.68. The molecule has 3 aromatic heterocycles. The van der Waals surface area contributed by atoms with Crippen molar-refractivity contribution in [3.05, 3.63) is 158 Å². The van der Waals surface area contributed by atoms with E-state index in [0.717, 1.165) is 28.2 Å². The van der Waals surface area contributed by atoms with E-state index < -0.39 is 0 Å². The highest BCUT2D eigenvalue weighted by molar-refractivity contribution is 6.25. The van der Waals surface area contributed by atoms with Crippen LogP contribution in [0, 0.1) is 0 Å². The molecule has 0 saturated heterocycles. The molecule has 0 aliphatic carbocycles. The van der Waals surface area contributed by atoms with Gasteiger partial charge >= 0.3 is 0 Å². The summed E-state index contributed by atoms with van der Waals surface area (Å²) in [6.45, 7) is 0. The number of fused-ring (bicyclic) bond motifs is 7. The summed E-state index contributed by atoms with van der Waals surface area (Å²) in [6.07, 6.45) is 5.97. The standard InChI is InChI=1S/C40H26N4/c1-3-9-27(10-4-1)29-25-41-40(42-26-29)28-15-17-31(18-16-28)44-37-14-8-7-13-35(37)39-34-20-21-36-33(32(34)19-22-38(39)44)23-24-43(36)30-11-5-2-6-12-30/h1-26H. The molecule has 206 valence electrons. The molecule has 0 saturated carbocycles. The maximum Gasteiger partial charge on any atom is 0.159 e. The van der Waals surface area contributed by atoms with Crippen LogP contribution in [0.5, 0.6) is 0 Å². The van der Waals surface area contributed by atoms with Crippen LogP contribution in [0.25, 0.3) is 77.4 Å². The van der Waals surface area contributed by atoms with Crippen LogP contribution < -0.4 is 0 Å². The van der Waals surface area contributed by atoms with Gasteiger partial charge in [0.15, 0.2) is 5.82 Å². The summed E-state index contributed by atoms with van der Waals surface area (Å²) in [5.41, 5.74) is 8.98. The summed E-state index contributed by atoms with van der Waals surface area (Å²) in [6, 6.07) is 49.4. The fourth-order valence-corrected chi connectivity index (χ4v) is 6.61. The highest BCUT2D eigenvalue weighted by Crippen LogP contribution is 2.39. The second-order valence-electron chi connectivity index (χ2n) is 11.1. The zero-order valence-electron chi connectivity index (χ0n) is 23.8. The number of hydrogen-bond donors (Lipinski definition) is 0. The molecule has 9 rings (SSSR count). The van der Waals surface area contributed by atoms with Crippen molar-refractivity contribution in [2.24, 2.45) is 0 Å². The monoisotopic (exact) mass is 562 g/mol. The maximum absolute atomic E-state index is 4.68. The Morgan fingerprint density at radius 2 is 1.07 bits per heavy atom. The van der Waals surface area contributed by atoms with Gasteiger partial charge in [0, 0.05) is 57.3 Å². The van der Waals surface area contributed by atoms with Crippen molar-refractivity contribution in [1.82, 2.24) is 19.1 Å². The SMILES string of the molecule is c1ccc(-c2cnc(-c3ccc(-n4c5ccccc5c5c6ccc7c(ccn7-c7ccccc7)c6ccc54)cc3)nc2)cc1. The van der Waals surface area contributed by atoms with Crippen LogP contribution in [0.2, 0.25) is 0 Å². The van der Waals surface area contributed by atoms with Crippen LogP contribution in [0.3, 0.4) is 0 Å². The zero-order chi connectivity index (χ0) is 29.0. The minimum absolute atomic E-state index is 0.718. The largest absolute Gasteiger partial charge is 0.317 e. The first-order valence-electron chi connectivity index (χ1n) is 14.8. The van der Waals surface area contributed by atoms with Crippen LogP contribution in [0.15, 0.2) is 158 Å². The lowest BCUT2D eigenvalue weighted by Gasteiger charge is -2.10. The van der Waals surface area contributed by atoms with Crippen LogP contribution in [-0.2, 0) is 0 Å². The molecule has 0 unspecified atom stereocenters. The number of aromatic nitrogens is 4. The van der Waals surface area contributed by atoms with Crippen molar-refractivity contribution in [2.45, 2.75) is 0 Å². The Labute approximate surface area is 254 Å². The molecule has 0 fully saturated rings. The van der Waals surface area contributed by atoms with Gasteiger partial charge in [0.2, 0.25) is 0 Å². The quantitative estimate of drug-likeness (QED) is 0.214. The molecule has 4 nitrogen and oxygen atoms in total. The first kappa shape index (κ1) is 24.6. The molecular formula is C40H26N4. The van der Waals surface area contributed by atoms with Crippen molar-refractivity contribution in [1.29, 1.82) is 0 Å². The average molecular weight is 563 g/mol. The van der Waals surface area contributed by atoms with Crippen molar-refractivity contribution < 1.29 is 0 Å². The van der Waals surface area contributed by atoms with Gasteiger partial charge in [-0.2, -0.15) is 0 Å². The van der Waals surface area contributed by atoms with Crippen molar-refractivity contribution in [3.63, 3.8) is 0 Å². The molecule has 3 heterocycles. The van der Waals surface area contributed by atoms with E-state index in [4.69, 9.17) is 0 Å². The third-order valence-electron chi connectivity index (χ3n) is 8.68. The van der Waals surface area contributed by atoms with Gasteiger partial charge in [-0.3, -0.25) is 0 Å². The Morgan fingerprint density at radius 1 is 0.386 bits per heavy atom. The molecule has 6 aromatic carbocycles. The van der Waals surface area contributed by atoms with Crippen LogP contribution in [0.1, 0.15) is 0 Å². The summed E-state index contributed by atoms with van der Waals surface area (Å²) in [5, 5.41) is 6.31. The Hall–Kier alpha value is -6.00. The van der Waals surface area contributed by atoms with Gasteiger partial charge in [0.05, 0.1) is 16.6 Å². The minimum Gasteiger partial charge on any atom is -0.317 e. The predicted molar refractivity (Wildman–Crippen MR) is 182 cm³/mol. The fraction of sp³-hybridized carbons (Fsp3) is 0. The smallest absolute Gasteiger partial charge is 0.159 e. The summed E-state index contributed by atoms with van der Waals surface area (Å²) in [5.74, 6) is 0.718. The molecule has 0 aliphatic rings. The molecule has 4 heteroatoms. The van der Waals surface area contributed by atoms with Gasteiger partial charge in [-0.15, -0.1) is 0 Å². The van der Waals surface area contributed by atoms with Gasteiger partial charge in [0.1, 0.15) is 0 Å². The number of para-hydroxylation sites is 2. The molecule has 0 aliphatic heterocycles. The molecule has 44 heavy (non-hydrogen) atoms. The number of hydrogen-bond acceptors (Lipinski definition) is 2. The zero-order valence-corrected chi connectivity index (χ0v) is 23.8.